The molecule has 2 rings (SSSR count). The van der Waals surface area contributed by atoms with E-state index in [-0.39, 0.29) is 6.61 Å². The van der Waals surface area contributed by atoms with E-state index < -0.39 is 6.09 Å². The van der Waals surface area contributed by atoms with Crippen molar-refractivity contribution in [3.05, 3.63) is 65.2 Å². The molecule has 0 bridgehead atoms. The Bertz CT molecular complexity index is 678. The highest BCUT2D eigenvalue weighted by Crippen LogP contribution is 2.19. The average Bonchev–Trinajstić information content (AvgIpc) is 2.58. The lowest BCUT2D eigenvalue weighted by Gasteiger charge is -2.09. The van der Waals surface area contributed by atoms with Crippen molar-refractivity contribution in [2.75, 3.05) is 7.11 Å². The minimum atomic E-state index is -0.493. The molecule has 0 atom stereocenters. The van der Waals surface area contributed by atoms with Gasteiger partial charge in [-0.05, 0) is 23.3 Å². The molecule has 0 aliphatic rings. The number of nitrogens with zero attached hydrogens (tertiary/aromatic N) is 1. The summed E-state index contributed by atoms with van der Waals surface area (Å²) in [5, 5.41) is 11.6. The lowest BCUT2D eigenvalue weighted by Crippen LogP contribution is -2.23. The van der Waals surface area contributed by atoms with Gasteiger partial charge in [-0.15, -0.1) is 0 Å². The number of hydrogen-bond acceptors (Lipinski definition) is 4. The van der Waals surface area contributed by atoms with E-state index in [1.54, 1.807) is 18.2 Å². The zero-order valence-corrected chi connectivity index (χ0v) is 12.2. The molecule has 0 spiro atoms. The zero-order valence-electron chi connectivity index (χ0n) is 12.2. The summed E-state index contributed by atoms with van der Waals surface area (Å²) in [5.74, 6) is 0.486. The van der Waals surface area contributed by atoms with Crippen LogP contribution >= 0.6 is 0 Å². The topological polar surface area (TPSA) is 71.3 Å². The van der Waals surface area contributed by atoms with Crippen molar-refractivity contribution >= 4 is 6.09 Å². The number of benzene rings is 2. The van der Waals surface area contributed by atoms with E-state index in [2.05, 4.69) is 5.32 Å². The Balaban J connectivity index is 1.85. The van der Waals surface area contributed by atoms with Crippen LogP contribution in [0.25, 0.3) is 0 Å². The van der Waals surface area contributed by atoms with Crippen LogP contribution in [0.3, 0.4) is 0 Å². The summed E-state index contributed by atoms with van der Waals surface area (Å²) in [7, 11) is 1.50. The fraction of sp³-hybridized carbons (Fsp3) is 0.176. The number of carbonyl (C=O) groups excluding carboxylic acids is 1. The van der Waals surface area contributed by atoms with E-state index in [1.165, 1.54) is 7.11 Å². The minimum absolute atomic E-state index is 0.226. The minimum Gasteiger partial charge on any atom is -0.495 e. The molecule has 0 aliphatic heterocycles. The van der Waals surface area contributed by atoms with Crippen LogP contribution in [0, 0.1) is 11.3 Å². The predicted octanol–water partition coefficient (Wildman–Crippen LogP) is 2.99. The molecule has 0 saturated carbocycles. The van der Waals surface area contributed by atoms with Gasteiger partial charge in [-0.1, -0.05) is 36.4 Å². The Morgan fingerprint density at radius 1 is 1.18 bits per heavy atom. The van der Waals surface area contributed by atoms with Crippen LogP contribution in [0.1, 0.15) is 16.7 Å². The molecule has 5 nitrogen and oxygen atoms in total. The third-order valence-corrected chi connectivity index (χ3v) is 3.04. The van der Waals surface area contributed by atoms with Crippen LogP contribution in [-0.2, 0) is 17.9 Å². The van der Waals surface area contributed by atoms with Crippen LogP contribution in [0.4, 0.5) is 4.79 Å². The number of hydrogen-bond donors (Lipinski definition) is 1. The third kappa shape index (κ3) is 4.25. The molecule has 0 fully saturated rings. The normalized spacial score (nSPS) is 9.64. The van der Waals surface area contributed by atoms with Crippen molar-refractivity contribution in [1.29, 1.82) is 5.26 Å². The first-order valence-electron chi connectivity index (χ1n) is 6.74. The highest BCUT2D eigenvalue weighted by molar-refractivity contribution is 5.67. The van der Waals surface area contributed by atoms with Gasteiger partial charge < -0.3 is 14.8 Å². The van der Waals surface area contributed by atoms with Gasteiger partial charge >= 0.3 is 6.09 Å². The Morgan fingerprint density at radius 2 is 1.95 bits per heavy atom. The number of methoxy groups -OCH3 is 1. The lowest BCUT2D eigenvalue weighted by atomic mass is 10.1. The number of alkyl carbamates (subject to hydrolysis) is 1. The Labute approximate surface area is 129 Å². The molecule has 0 aliphatic carbocycles. The number of rotatable bonds is 5. The molecular weight excluding hydrogens is 280 g/mol. The summed E-state index contributed by atoms with van der Waals surface area (Å²) >= 11 is 0. The number of amides is 1. The van der Waals surface area contributed by atoms with E-state index in [0.29, 0.717) is 17.9 Å². The zero-order chi connectivity index (χ0) is 15.8. The van der Waals surface area contributed by atoms with Crippen LogP contribution in [0.2, 0.25) is 0 Å². The Hall–Kier alpha value is -3.00. The highest BCUT2D eigenvalue weighted by Gasteiger charge is 2.06. The van der Waals surface area contributed by atoms with Gasteiger partial charge in [0.1, 0.15) is 18.4 Å². The van der Waals surface area contributed by atoms with Crippen LogP contribution in [0.15, 0.2) is 48.5 Å². The summed E-state index contributed by atoms with van der Waals surface area (Å²) in [6, 6.07) is 16.6. The van der Waals surface area contributed by atoms with Crippen LogP contribution < -0.4 is 10.1 Å². The first kappa shape index (κ1) is 15.4. The predicted molar refractivity (Wildman–Crippen MR) is 81.2 cm³/mol. The molecule has 2 aromatic rings. The first-order chi connectivity index (χ1) is 10.7. The molecule has 0 heterocycles. The number of nitriles is 1. The van der Waals surface area contributed by atoms with Gasteiger partial charge in [0, 0.05) is 6.54 Å². The Morgan fingerprint density at radius 3 is 2.64 bits per heavy atom. The molecule has 1 amide bonds. The fourth-order valence-electron chi connectivity index (χ4n) is 1.89. The quantitative estimate of drug-likeness (QED) is 0.920. The fourth-order valence-corrected chi connectivity index (χ4v) is 1.89. The van der Waals surface area contributed by atoms with E-state index in [0.717, 1.165) is 11.1 Å². The second-order valence-corrected chi connectivity index (χ2v) is 4.56. The molecule has 112 valence electrons. The monoisotopic (exact) mass is 296 g/mol. The Kier molecular flexibility index (Phi) is 5.38. The maximum absolute atomic E-state index is 11.7. The van der Waals surface area contributed by atoms with Gasteiger partial charge in [0.25, 0.3) is 0 Å². The summed E-state index contributed by atoms with van der Waals surface area (Å²) in [4.78, 5) is 11.7. The highest BCUT2D eigenvalue weighted by atomic mass is 16.5. The van der Waals surface area contributed by atoms with Gasteiger partial charge in [0.05, 0.1) is 12.7 Å². The summed E-state index contributed by atoms with van der Waals surface area (Å²) < 4.78 is 10.2. The largest absolute Gasteiger partial charge is 0.495 e. The molecule has 22 heavy (non-hydrogen) atoms. The second-order valence-electron chi connectivity index (χ2n) is 4.56. The average molecular weight is 296 g/mol. The molecule has 0 unspecified atom stereocenters. The van der Waals surface area contributed by atoms with Gasteiger partial charge in [0.15, 0.2) is 0 Å². The molecule has 0 radical (unpaired) electrons. The van der Waals surface area contributed by atoms with E-state index >= 15 is 0 Å². The summed E-state index contributed by atoms with van der Waals surface area (Å²) in [5.41, 5.74) is 2.21. The molecule has 0 aromatic heterocycles. The van der Waals surface area contributed by atoms with Gasteiger partial charge in [-0.2, -0.15) is 5.26 Å². The standard InChI is InChI=1S/C17H16N2O3/c1-21-16-9-14(7-8-15(16)10-18)11-19-17(20)22-12-13-5-3-2-4-6-13/h2-9H,11-12H2,1H3,(H,19,20). The smallest absolute Gasteiger partial charge is 0.407 e. The molecular formula is C17H16N2O3. The van der Waals surface area contributed by atoms with Crippen molar-refractivity contribution in [2.45, 2.75) is 13.2 Å². The van der Waals surface area contributed by atoms with Crippen LogP contribution in [-0.4, -0.2) is 13.2 Å². The maximum atomic E-state index is 11.7. The molecule has 0 saturated heterocycles. The first-order valence-corrected chi connectivity index (χ1v) is 6.74. The van der Waals surface area contributed by atoms with Crippen molar-refractivity contribution < 1.29 is 14.3 Å². The van der Waals surface area contributed by atoms with Crippen molar-refractivity contribution in [1.82, 2.24) is 5.32 Å². The van der Waals surface area contributed by atoms with Crippen LogP contribution in [0.5, 0.6) is 5.75 Å². The molecule has 2 aromatic carbocycles. The van der Waals surface area contributed by atoms with Crippen molar-refractivity contribution in [3.8, 4) is 11.8 Å². The van der Waals surface area contributed by atoms with Gasteiger partial charge in [-0.25, -0.2) is 4.79 Å². The number of carbonyl (C=O) groups is 1. The lowest BCUT2D eigenvalue weighted by molar-refractivity contribution is 0.139. The SMILES string of the molecule is COc1cc(CNC(=O)OCc2ccccc2)ccc1C#N. The summed E-state index contributed by atoms with van der Waals surface area (Å²) in [6.45, 7) is 0.527. The second kappa shape index (κ2) is 7.70. The van der Waals surface area contributed by atoms with E-state index in [9.17, 15) is 4.79 Å². The van der Waals surface area contributed by atoms with Crippen molar-refractivity contribution in [3.63, 3.8) is 0 Å². The van der Waals surface area contributed by atoms with Gasteiger partial charge in [0.2, 0.25) is 0 Å². The van der Waals surface area contributed by atoms with E-state index in [1.807, 2.05) is 36.4 Å². The molecule has 5 heteroatoms. The summed E-state index contributed by atoms with van der Waals surface area (Å²) in [6.07, 6.45) is -0.493. The van der Waals surface area contributed by atoms with E-state index in [4.69, 9.17) is 14.7 Å². The third-order valence-electron chi connectivity index (χ3n) is 3.04. The van der Waals surface area contributed by atoms with Crippen molar-refractivity contribution in [2.24, 2.45) is 0 Å². The molecule has 1 N–H and O–H groups in total. The van der Waals surface area contributed by atoms with Gasteiger partial charge in [-0.3, -0.25) is 0 Å². The maximum Gasteiger partial charge on any atom is 0.407 e. The number of nitrogens with one attached hydrogen (secondary N) is 1. The number of ether oxygens (including phenoxy) is 2.